The van der Waals surface area contributed by atoms with Gasteiger partial charge in [0.15, 0.2) is 0 Å². The zero-order valence-corrected chi connectivity index (χ0v) is 13.9. The highest BCUT2D eigenvalue weighted by Crippen LogP contribution is 2.20. The summed E-state index contributed by atoms with van der Waals surface area (Å²) in [4.78, 5) is 4.55. The van der Waals surface area contributed by atoms with Crippen LogP contribution in [-0.4, -0.2) is 17.6 Å². The number of nitrogens with zero attached hydrogens (tertiary/aromatic N) is 1. The number of aromatic nitrogens is 1. The highest BCUT2D eigenvalue weighted by Gasteiger charge is 2.11. The van der Waals surface area contributed by atoms with Crippen molar-refractivity contribution in [2.75, 3.05) is 6.61 Å². The lowest BCUT2D eigenvalue weighted by molar-refractivity contribution is 0.235. The van der Waals surface area contributed by atoms with E-state index in [2.05, 4.69) is 64.0 Å². The quantitative estimate of drug-likeness (QED) is 0.820. The second-order valence-corrected chi connectivity index (χ2v) is 6.85. The third-order valence-corrected chi connectivity index (χ3v) is 3.09. The number of ether oxygens (including phenoxy) is 1. The van der Waals surface area contributed by atoms with E-state index in [1.54, 1.807) is 0 Å². The third kappa shape index (κ3) is 6.90. The summed E-state index contributed by atoms with van der Waals surface area (Å²) in [7, 11) is 0. The second kappa shape index (κ2) is 7.63. The molecule has 1 aromatic heterocycles. The molecular weight excluding hydrogens is 248 g/mol. The van der Waals surface area contributed by atoms with Gasteiger partial charge in [0.05, 0.1) is 6.61 Å². The van der Waals surface area contributed by atoms with E-state index in [0.717, 1.165) is 37.6 Å². The summed E-state index contributed by atoms with van der Waals surface area (Å²) in [5, 5.41) is 3.44. The molecule has 0 aliphatic heterocycles. The minimum atomic E-state index is 0.296. The van der Waals surface area contributed by atoms with Crippen molar-refractivity contribution in [3.63, 3.8) is 0 Å². The summed E-state index contributed by atoms with van der Waals surface area (Å²) in [5.41, 5.74) is 2.64. The summed E-state index contributed by atoms with van der Waals surface area (Å²) in [5.74, 6) is 0.758. The number of aryl methyl sites for hydroxylation is 1. The molecule has 1 rings (SSSR count). The maximum atomic E-state index is 5.83. The molecule has 0 saturated carbocycles. The Morgan fingerprint density at radius 1 is 1.25 bits per heavy atom. The van der Waals surface area contributed by atoms with Crippen LogP contribution < -0.4 is 10.1 Å². The maximum Gasteiger partial charge on any atom is 0.213 e. The molecule has 1 heterocycles. The lowest BCUT2D eigenvalue weighted by Gasteiger charge is -2.18. The fourth-order valence-electron chi connectivity index (χ4n) is 1.76. The van der Waals surface area contributed by atoms with E-state index < -0.39 is 0 Å². The SMILES string of the molecule is CCc1cc(CNC(C)C)cc(OCCC(C)(C)C)n1. The fraction of sp³-hybridized carbons (Fsp3) is 0.706. The molecule has 0 aliphatic carbocycles. The molecule has 1 N–H and O–H groups in total. The van der Waals surface area contributed by atoms with Crippen LogP contribution in [-0.2, 0) is 13.0 Å². The molecule has 0 atom stereocenters. The van der Waals surface area contributed by atoms with Gasteiger partial charge in [-0.05, 0) is 29.9 Å². The van der Waals surface area contributed by atoms with Crippen molar-refractivity contribution in [2.24, 2.45) is 5.41 Å². The van der Waals surface area contributed by atoms with Crippen molar-refractivity contribution in [1.29, 1.82) is 0 Å². The minimum absolute atomic E-state index is 0.296. The molecule has 0 spiro atoms. The van der Waals surface area contributed by atoms with Gasteiger partial charge in [-0.25, -0.2) is 4.98 Å². The largest absolute Gasteiger partial charge is 0.478 e. The van der Waals surface area contributed by atoms with Gasteiger partial charge < -0.3 is 10.1 Å². The van der Waals surface area contributed by atoms with Crippen molar-refractivity contribution in [3.05, 3.63) is 23.4 Å². The molecule has 0 radical (unpaired) electrons. The van der Waals surface area contributed by atoms with Gasteiger partial charge in [0.2, 0.25) is 5.88 Å². The molecule has 0 aromatic carbocycles. The number of rotatable bonds is 7. The fourth-order valence-corrected chi connectivity index (χ4v) is 1.76. The van der Waals surface area contributed by atoms with Gasteiger partial charge in [-0.15, -0.1) is 0 Å². The van der Waals surface area contributed by atoms with Crippen molar-refractivity contribution in [3.8, 4) is 5.88 Å². The van der Waals surface area contributed by atoms with Crippen LogP contribution in [0.1, 0.15) is 59.2 Å². The minimum Gasteiger partial charge on any atom is -0.478 e. The van der Waals surface area contributed by atoms with E-state index in [1.165, 1.54) is 5.56 Å². The predicted molar refractivity (Wildman–Crippen MR) is 85.2 cm³/mol. The summed E-state index contributed by atoms with van der Waals surface area (Å²) >= 11 is 0. The first kappa shape index (κ1) is 17.0. The van der Waals surface area contributed by atoms with E-state index in [0.29, 0.717) is 11.5 Å². The van der Waals surface area contributed by atoms with Crippen molar-refractivity contribution < 1.29 is 4.74 Å². The van der Waals surface area contributed by atoms with Gasteiger partial charge in [-0.1, -0.05) is 41.5 Å². The zero-order valence-electron chi connectivity index (χ0n) is 13.9. The Labute approximate surface area is 124 Å². The van der Waals surface area contributed by atoms with Crippen LogP contribution in [0.15, 0.2) is 12.1 Å². The zero-order chi connectivity index (χ0) is 15.2. The van der Waals surface area contributed by atoms with E-state index in [-0.39, 0.29) is 0 Å². The highest BCUT2D eigenvalue weighted by molar-refractivity contribution is 5.25. The molecule has 0 bridgehead atoms. The van der Waals surface area contributed by atoms with Crippen LogP contribution >= 0.6 is 0 Å². The summed E-state index contributed by atoms with van der Waals surface area (Å²) in [6, 6.07) is 4.70. The molecule has 0 amide bonds. The van der Waals surface area contributed by atoms with Gasteiger partial charge in [0.25, 0.3) is 0 Å². The lowest BCUT2D eigenvalue weighted by Crippen LogP contribution is -2.22. The molecule has 20 heavy (non-hydrogen) atoms. The number of hydrogen-bond donors (Lipinski definition) is 1. The van der Waals surface area contributed by atoms with Gasteiger partial charge in [0.1, 0.15) is 0 Å². The normalized spacial score (nSPS) is 11.9. The van der Waals surface area contributed by atoms with Gasteiger partial charge in [0, 0.05) is 24.3 Å². The number of hydrogen-bond acceptors (Lipinski definition) is 3. The first-order valence-electron chi connectivity index (χ1n) is 7.66. The summed E-state index contributed by atoms with van der Waals surface area (Å²) in [6.07, 6.45) is 1.97. The van der Waals surface area contributed by atoms with E-state index in [4.69, 9.17) is 4.74 Å². The molecule has 0 unspecified atom stereocenters. The lowest BCUT2D eigenvalue weighted by atomic mass is 9.93. The molecule has 0 saturated heterocycles. The Kier molecular flexibility index (Phi) is 6.47. The molecule has 114 valence electrons. The Morgan fingerprint density at radius 3 is 2.50 bits per heavy atom. The van der Waals surface area contributed by atoms with Crippen molar-refractivity contribution in [2.45, 2.75) is 67.0 Å². The van der Waals surface area contributed by atoms with E-state index in [9.17, 15) is 0 Å². The molecule has 3 heteroatoms. The van der Waals surface area contributed by atoms with Crippen LogP contribution in [0.3, 0.4) is 0 Å². The monoisotopic (exact) mass is 278 g/mol. The summed E-state index contributed by atoms with van der Waals surface area (Å²) in [6.45, 7) is 14.7. The Hall–Kier alpha value is -1.09. The van der Waals surface area contributed by atoms with Crippen LogP contribution in [0.25, 0.3) is 0 Å². The smallest absolute Gasteiger partial charge is 0.213 e. The molecular formula is C17H30N2O. The van der Waals surface area contributed by atoms with Crippen LogP contribution in [0, 0.1) is 5.41 Å². The second-order valence-electron chi connectivity index (χ2n) is 6.85. The number of pyridine rings is 1. The Balaban J connectivity index is 2.67. The van der Waals surface area contributed by atoms with Gasteiger partial charge in [-0.2, -0.15) is 0 Å². The first-order chi connectivity index (χ1) is 9.30. The Bertz CT molecular complexity index is 408. The van der Waals surface area contributed by atoms with Crippen molar-refractivity contribution >= 4 is 0 Å². The molecule has 0 aliphatic rings. The highest BCUT2D eigenvalue weighted by atomic mass is 16.5. The Morgan fingerprint density at radius 2 is 1.95 bits per heavy atom. The molecule has 1 aromatic rings. The third-order valence-electron chi connectivity index (χ3n) is 3.09. The van der Waals surface area contributed by atoms with Crippen LogP contribution in [0.5, 0.6) is 5.88 Å². The van der Waals surface area contributed by atoms with E-state index in [1.807, 2.05) is 0 Å². The first-order valence-corrected chi connectivity index (χ1v) is 7.66. The van der Waals surface area contributed by atoms with Crippen molar-refractivity contribution in [1.82, 2.24) is 10.3 Å². The van der Waals surface area contributed by atoms with Gasteiger partial charge in [-0.3, -0.25) is 0 Å². The average molecular weight is 278 g/mol. The van der Waals surface area contributed by atoms with Gasteiger partial charge >= 0.3 is 0 Å². The summed E-state index contributed by atoms with van der Waals surface area (Å²) < 4.78 is 5.83. The molecule has 0 fully saturated rings. The standard InChI is InChI=1S/C17H30N2O/c1-7-15-10-14(12-18-13(2)3)11-16(19-15)20-9-8-17(4,5)6/h10-11,13,18H,7-9,12H2,1-6H3. The topological polar surface area (TPSA) is 34.1 Å². The number of nitrogens with one attached hydrogen (secondary N) is 1. The average Bonchev–Trinajstić information content (AvgIpc) is 2.34. The van der Waals surface area contributed by atoms with Crippen LogP contribution in [0.2, 0.25) is 0 Å². The molecule has 3 nitrogen and oxygen atoms in total. The maximum absolute atomic E-state index is 5.83. The van der Waals surface area contributed by atoms with E-state index >= 15 is 0 Å². The van der Waals surface area contributed by atoms with Crippen LogP contribution in [0.4, 0.5) is 0 Å². The predicted octanol–water partition coefficient (Wildman–Crippen LogP) is 3.96.